The van der Waals surface area contributed by atoms with Gasteiger partial charge in [-0.3, -0.25) is 14.6 Å². The Balaban J connectivity index is 1.49. The van der Waals surface area contributed by atoms with E-state index in [-0.39, 0.29) is 29.7 Å². The Bertz CT molecular complexity index is 1200. The van der Waals surface area contributed by atoms with E-state index in [1.54, 1.807) is 24.4 Å². The summed E-state index contributed by atoms with van der Waals surface area (Å²) in [6.45, 7) is 6.37. The number of aromatic amines is 1. The zero-order valence-electron chi connectivity index (χ0n) is 20.5. The van der Waals surface area contributed by atoms with Crippen molar-refractivity contribution in [3.05, 3.63) is 76.3 Å². The molecular weight excluding hydrogens is 440 g/mol. The van der Waals surface area contributed by atoms with Crippen molar-refractivity contribution in [3.8, 4) is 11.3 Å². The number of hydrogen-bond acceptors (Lipinski definition) is 5. The highest BCUT2D eigenvalue weighted by atomic mass is 16.3. The Hall–Kier alpha value is -3.45. The molecule has 0 saturated carbocycles. The first-order chi connectivity index (χ1) is 16.9. The first kappa shape index (κ1) is 24.7. The van der Waals surface area contributed by atoms with E-state index in [2.05, 4.69) is 29.0 Å². The lowest BCUT2D eigenvalue weighted by Gasteiger charge is -2.28. The number of aliphatic hydroxyl groups is 1. The van der Waals surface area contributed by atoms with E-state index >= 15 is 0 Å². The second-order valence-electron chi connectivity index (χ2n) is 9.58. The van der Waals surface area contributed by atoms with Crippen LogP contribution in [-0.2, 0) is 6.42 Å². The highest BCUT2D eigenvalue weighted by Crippen LogP contribution is 2.23. The van der Waals surface area contributed by atoms with Crippen LogP contribution < -0.4 is 15.8 Å². The van der Waals surface area contributed by atoms with E-state index in [0.29, 0.717) is 29.2 Å². The number of anilines is 2. The van der Waals surface area contributed by atoms with E-state index < -0.39 is 0 Å². The number of aliphatic hydroxyl groups excluding tert-OH is 1. The molecule has 1 aliphatic heterocycles. The van der Waals surface area contributed by atoms with Gasteiger partial charge in [0.05, 0.1) is 5.69 Å². The number of rotatable bonds is 8. The maximum Gasteiger partial charge on any atom is 0.271 e. The smallest absolute Gasteiger partial charge is 0.271 e. The zero-order valence-corrected chi connectivity index (χ0v) is 20.5. The molecule has 2 aromatic heterocycles. The molecule has 1 aromatic carbocycles. The molecule has 1 amide bonds. The quantitative estimate of drug-likeness (QED) is 0.447. The summed E-state index contributed by atoms with van der Waals surface area (Å²) in [6.07, 6.45) is 5.93. The van der Waals surface area contributed by atoms with Gasteiger partial charge >= 0.3 is 0 Å². The molecule has 0 aliphatic carbocycles. The third-order valence-corrected chi connectivity index (χ3v) is 6.75. The van der Waals surface area contributed by atoms with Crippen molar-refractivity contribution in [2.75, 3.05) is 29.9 Å². The lowest BCUT2D eigenvalue weighted by Crippen LogP contribution is -2.29. The second-order valence-corrected chi connectivity index (χ2v) is 9.58. The molecule has 0 unspecified atom stereocenters. The molecule has 0 spiro atoms. The zero-order chi connectivity index (χ0) is 24.8. The number of aromatic nitrogens is 2. The first-order valence-electron chi connectivity index (χ1n) is 12.4. The molecule has 1 fully saturated rings. The molecule has 3 N–H and O–H groups in total. The van der Waals surface area contributed by atoms with E-state index in [0.717, 1.165) is 24.5 Å². The van der Waals surface area contributed by atoms with Crippen molar-refractivity contribution >= 4 is 17.3 Å². The molecule has 7 nitrogen and oxygen atoms in total. The molecule has 35 heavy (non-hydrogen) atoms. The first-order valence-corrected chi connectivity index (χ1v) is 12.4. The summed E-state index contributed by atoms with van der Waals surface area (Å²) in [4.78, 5) is 35.1. The number of pyridine rings is 2. The number of piperidine rings is 1. The monoisotopic (exact) mass is 474 g/mol. The molecule has 7 heteroatoms. The number of H-pyrrole nitrogens is 1. The predicted molar refractivity (Wildman–Crippen MR) is 140 cm³/mol. The van der Waals surface area contributed by atoms with Crippen LogP contribution in [0, 0.1) is 11.8 Å². The van der Waals surface area contributed by atoms with Crippen molar-refractivity contribution in [2.24, 2.45) is 11.8 Å². The number of carbonyl (C=O) groups excluding carboxylic acids is 1. The van der Waals surface area contributed by atoms with Crippen molar-refractivity contribution < 1.29 is 9.90 Å². The Kier molecular flexibility index (Phi) is 7.98. The molecule has 184 valence electrons. The molecular formula is C28H34N4O3. The van der Waals surface area contributed by atoms with Gasteiger partial charge in [0.2, 0.25) is 0 Å². The standard InChI is InChI=1S/C28H34N4O3/c1-19(2)22(18-33)15-23-7-6-8-25(30-23)21-16-26(28(35)29-17-21)31-27(34)20-9-11-24(12-10-20)32-13-4-3-5-14-32/h6-12,16-17,19,22,33H,3-5,13-15,18H2,1-2H3,(H,29,35)(H,31,34)/t22-/m1/s1. The van der Waals surface area contributed by atoms with Crippen LogP contribution in [0.2, 0.25) is 0 Å². The van der Waals surface area contributed by atoms with Crippen LogP contribution in [0.25, 0.3) is 11.3 Å². The third-order valence-electron chi connectivity index (χ3n) is 6.75. The van der Waals surface area contributed by atoms with Crippen LogP contribution in [0.15, 0.2) is 59.5 Å². The molecule has 3 aromatic rings. The Morgan fingerprint density at radius 3 is 2.54 bits per heavy atom. The van der Waals surface area contributed by atoms with Crippen LogP contribution in [0.1, 0.15) is 49.2 Å². The summed E-state index contributed by atoms with van der Waals surface area (Å²) < 4.78 is 0. The minimum Gasteiger partial charge on any atom is -0.396 e. The lowest BCUT2D eigenvalue weighted by molar-refractivity contribution is 0.102. The largest absolute Gasteiger partial charge is 0.396 e. The summed E-state index contributed by atoms with van der Waals surface area (Å²) in [5.41, 5.74) is 3.69. The van der Waals surface area contributed by atoms with E-state index in [1.807, 2.05) is 30.3 Å². The number of nitrogens with zero attached hydrogens (tertiary/aromatic N) is 2. The summed E-state index contributed by atoms with van der Waals surface area (Å²) in [7, 11) is 0. The van der Waals surface area contributed by atoms with Gasteiger partial charge in [0, 0.05) is 48.4 Å². The number of amides is 1. The van der Waals surface area contributed by atoms with Crippen molar-refractivity contribution in [1.29, 1.82) is 0 Å². The number of carbonyl (C=O) groups is 1. The van der Waals surface area contributed by atoms with Crippen LogP contribution >= 0.6 is 0 Å². The number of hydrogen-bond donors (Lipinski definition) is 3. The van der Waals surface area contributed by atoms with Gasteiger partial charge in [-0.15, -0.1) is 0 Å². The summed E-state index contributed by atoms with van der Waals surface area (Å²) >= 11 is 0. The van der Waals surface area contributed by atoms with Crippen molar-refractivity contribution in [1.82, 2.24) is 9.97 Å². The minimum atomic E-state index is -0.372. The fourth-order valence-electron chi connectivity index (χ4n) is 4.43. The van der Waals surface area contributed by atoms with Crippen LogP contribution in [0.5, 0.6) is 0 Å². The van der Waals surface area contributed by atoms with Crippen LogP contribution in [0.3, 0.4) is 0 Å². The predicted octanol–water partition coefficient (Wildman–Crippen LogP) is 4.49. The minimum absolute atomic E-state index is 0.109. The SMILES string of the molecule is CC(C)[C@@H](CO)Cc1cccc(-c2c[nH]c(=O)c(NC(=O)c3ccc(N4CCCCC4)cc3)c2)n1. The highest BCUT2D eigenvalue weighted by Gasteiger charge is 2.16. The third kappa shape index (κ3) is 6.17. The van der Waals surface area contributed by atoms with Gasteiger partial charge in [0.15, 0.2) is 0 Å². The van der Waals surface area contributed by atoms with Crippen molar-refractivity contribution in [2.45, 2.75) is 39.5 Å². The highest BCUT2D eigenvalue weighted by molar-refractivity contribution is 6.04. The van der Waals surface area contributed by atoms with Gasteiger partial charge in [-0.1, -0.05) is 19.9 Å². The molecule has 1 saturated heterocycles. The number of benzene rings is 1. The normalized spacial score (nSPS) is 14.7. The lowest BCUT2D eigenvalue weighted by atomic mass is 9.92. The second kappa shape index (κ2) is 11.3. The van der Waals surface area contributed by atoms with Crippen LogP contribution in [0.4, 0.5) is 11.4 Å². The molecule has 4 rings (SSSR count). The average molecular weight is 475 g/mol. The maximum atomic E-state index is 12.9. The molecule has 0 radical (unpaired) electrons. The molecule has 3 heterocycles. The number of nitrogens with one attached hydrogen (secondary N) is 2. The molecule has 0 bridgehead atoms. The Morgan fingerprint density at radius 2 is 1.86 bits per heavy atom. The Morgan fingerprint density at radius 1 is 1.11 bits per heavy atom. The van der Waals surface area contributed by atoms with Crippen LogP contribution in [-0.4, -0.2) is 40.7 Å². The topological polar surface area (TPSA) is 98.3 Å². The summed E-state index contributed by atoms with van der Waals surface area (Å²) in [5, 5.41) is 12.4. The fourth-order valence-corrected chi connectivity index (χ4v) is 4.43. The van der Waals surface area contributed by atoms with Gasteiger partial charge in [-0.2, -0.15) is 0 Å². The molecule has 1 atom stereocenters. The summed E-state index contributed by atoms with van der Waals surface area (Å²) in [5.74, 6) is 0.140. The van der Waals surface area contributed by atoms with E-state index in [1.165, 1.54) is 19.3 Å². The van der Waals surface area contributed by atoms with Gasteiger partial charge in [-0.25, -0.2) is 0 Å². The van der Waals surface area contributed by atoms with Gasteiger partial charge in [0.25, 0.3) is 11.5 Å². The Labute approximate surface area is 206 Å². The summed E-state index contributed by atoms with van der Waals surface area (Å²) in [6, 6.07) is 14.9. The van der Waals surface area contributed by atoms with Gasteiger partial charge in [0.1, 0.15) is 5.69 Å². The van der Waals surface area contributed by atoms with Crippen molar-refractivity contribution in [3.63, 3.8) is 0 Å². The van der Waals surface area contributed by atoms with E-state index in [9.17, 15) is 14.7 Å². The molecule has 1 aliphatic rings. The fraction of sp³-hybridized carbons (Fsp3) is 0.393. The maximum absolute atomic E-state index is 12.9. The van der Waals surface area contributed by atoms with E-state index in [4.69, 9.17) is 4.98 Å². The average Bonchev–Trinajstić information content (AvgIpc) is 2.89. The van der Waals surface area contributed by atoms with Gasteiger partial charge in [-0.05, 0) is 80.0 Å². The van der Waals surface area contributed by atoms with Gasteiger partial charge < -0.3 is 20.3 Å².